The maximum absolute atomic E-state index is 12.3. The predicted octanol–water partition coefficient (Wildman–Crippen LogP) is 1.19. The highest BCUT2D eigenvalue weighted by Crippen LogP contribution is 2.12. The number of methoxy groups -OCH3 is 2. The topological polar surface area (TPSA) is 42.0 Å². The Hall–Kier alpha value is -0.810. The average Bonchev–Trinajstić information content (AvgIpc) is 2.83. The zero-order chi connectivity index (χ0) is 12.7. The van der Waals surface area contributed by atoms with Gasteiger partial charge in [-0.2, -0.15) is 0 Å². The Balaban J connectivity index is 2.56. The summed E-state index contributed by atoms with van der Waals surface area (Å²) in [6, 6.07) is 0.201. The standard InChI is InChI=1S/C12H24N2O3/c1-11(10-17-3)14(8-9-16-2)12(15)13-6-4-5-7-13/h11H,4-10H2,1-3H3. The van der Waals surface area contributed by atoms with E-state index in [1.165, 1.54) is 0 Å². The Labute approximate surface area is 104 Å². The average molecular weight is 244 g/mol. The highest BCUT2D eigenvalue weighted by Gasteiger charge is 2.26. The van der Waals surface area contributed by atoms with Gasteiger partial charge in [0, 0.05) is 33.9 Å². The number of carbonyl (C=O) groups excluding carboxylic acids is 1. The van der Waals surface area contributed by atoms with E-state index >= 15 is 0 Å². The third kappa shape index (κ3) is 4.16. The monoisotopic (exact) mass is 244 g/mol. The number of likely N-dealkylation sites (tertiary alicyclic amines) is 1. The van der Waals surface area contributed by atoms with Gasteiger partial charge in [-0.05, 0) is 19.8 Å². The number of amides is 2. The Morgan fingerprint density at radius 3 is 2.47 bits per heavy atom. The molecule has 0 bridgehead atoms. The second-order valence-electron chi connectivity index (χ2n) is 4.47. The molecule has 5 nitrogen and oxygen atoms in total. The van der Waals surface area contributed by atoms with Crippen LogP contribution in [-0.2, 0) is 9.47 Å². The first-order valence-corrected chi connectivity index (χ1v) is 6.24. The fraction of sp³-hybridized carbons (Fsp3) is 0.917. The summed E-state index contributed by atoms with van der Waals surface area (Å²) in [7, 11) is 3.31. The van der Waals surface area contributed by atoms with Crippen molar-refractivity contribution in [3.63, 3.8) is 0 Å². The molecule has 0 saturated carbocycles. The van der Waals surface area contributed by atoms with Crippen molar-refractivity contribution in [2.75, 3.05) is 47.1 Å². The summed E-state index contributed by atoms with van der Waals surface area (Å²) < 4.78 is 10.2. The number of nitrogens with zero attached hydrogens (tertiary/aromatic N) is 2. The minimum absolute atomic E-state index is 0.0863. The molecule has 2 amide bonds. The molecule has 0 aromatic carbocycles. The van der Waals surface area contributed by atoms with E-state index in [1.54, 1.807) is 14.2 Å². The van der Waals surface area contributed by atoms with Gasteiger partial charge in [0.05, 0.1) is 19.3 Å². The molecule has 0 radical (unpaired) electrons. The summed E-state index contributed by atoms with van der Waals surface area (Å²) in [6.07, 6.45) is 2.23. The van der Waals surface area contributed by atoms with Crippen LogP contribution in [0.2, 0.25) is 0 Å². The van der Waals surface area contributed by atoms with Crippen LogP contribution in [0.1, 0.15) is 19.8 Å². The quantitative estimate of drug-likeness (QED) is 0.704. The molecule has 0 aromatic heterocycles. The first kappa shape index (κ1) is 14.3. The normalized spacial score (nSPS) is 17.2. The molecule has 1 saturated heterocycles. The highest BCUT2D eigenvalue weighted by molar-refractivity contribution is 5.75. The van der Waals surface area contributed by atoms with Crippen LogP contribution < -0.4 is 0 Å². The van der Waals surface area contributed by atoms with E-state index in [0.29, 0.717) is 19.8 Å². The van der Waals surface area contributed by atoms with Crippen LogP contribution in [0.4, 0.5) is 4.79 Å². The molecular formula is C12H24N2O3. The third-order valence-electron chi connectivity index (χ3n) is 3.10. The summed E-state index contributed by atoms with van der Waals surface area (Å²) in [5.74, 6) is 0. The van der Waals surface area contributed by atoms with Crippen LogP contribution in [0.3, 0.4) is 0 Å². The van der Waals surface area contributed by atoms with Crippen molar-refractivity contribution in [3.8, 4) is 0 Å². The molecule has 1 aliphatic heterocycles. The molecule has 1 aliphatic rings. The van der Waals surface area contributed by atoms with Gasteiger partial charge in [0.25, 0.3) is 0 Å². The minimum atomic E-state index is 0.0863. The van der Waals surface area contributed by atoms with E-state index in [1.807, 2.05) is 16.7 Å². The number of ether oxygens (including phenoxy) is 2. The summed E-state index contributed by atoms with van der Waals surface area (Å²) in [5, 5.41) is 0. The largest absolute Gasteiger partial charge is 0.383 e. The van der Waals surface area contributed by atoms with Crippen LogP contribution in [-0.4, -0.2) is 68.9 Å². The van der Waals surface area contributed by atoms with Crippen molar-refractivity contribution >= 4 is 6.03 Å². The molecule has 1 heterocycles. The fourth-order valence-electron chi connectivity index (χ4n) is 2.12. The van der Waals surface area contributed by atoms with Crippen molar-refractivity contribution in [3.05, 3.63) is 0 Å². The Morgan fingerprint density at radius 2 is 1.94 bits per heavy atom. The number of urea groups is 1. The summed E-state index contributed by atoms with van der Waals surface area (Å²) in [5.41, 5.74) is 0. The molecule has 0 spiro atoms. The van der Waals surface area contributed by atoms with Gasteiger partial charge < -0.3 is 19.3 Å². The Morgan fingerprint density at radius 1 is 1.29 bits per heavy atom. The van der Waals surface area contributed by atoms with Crippen LogP contribution in [0.25, 0.3) is 0 Å². The fourth-order valence-corrected chi connectivity index (χ4v) is 2.12. The van der Waals surface area contributed by atoms with E-state index < -0.39 is 0 Å². The molecule has 0 aliphatic carbocycles. The van der Waals surface area contributed by atoms with Gasteiger partial charge in [-0.25, -0.2) is 4.79 Å². The molecule has 0 aromatic rings. The molecule has 5 heteroatoms. The lowest BCUT2D eigenvalue weighted by molar-refractivity contribution is 0.0778. The van der Waals surface area contributed by atoms with Crippen molar-refractivity contribution in [1.82, 2.24) is 9.80 Å². The zero-order valence-corrected chi connectivity index (χ0v) is 11.1. The van der Waals surface area contributed by atoms with Crippen molar-refractivity contribution in [2.45, 2.75) is 25.8 Å². The first-order valence-electron chi connectivity index (χ1n) is 6.24. The third-order valence-corrected chi connectivity index (χ3v) is 3.10. The Kier molecular flexibility index (Phi) is 6.29. The number of rotatable bonds is 6. The van der Waals surface area contributed by atoms with E-state index in [-0.39, 0.29) is 12.1 Å². The SMILES string of the molecule is COCCN(C(=O)N1CCCC1)C(C)COC. The van der Waals surface area contributed by atoms with E-state index in [2.05, 4.69) is 0 Å². The summed E-state index contributed by atoms with van der Waals surface area (Å²) in [4.78, 5) is 16.1. The molecule has 1 rings (SSSR count). The highest BCUT2D eigenvalue weighted by atomic mass is 16.5. The maximum atomic E-state index is 12.3. The minimum Gasteiger partial charge on any atom is -0.383 e. The first-order chi connectivity index (χ1) is 8.20. The molecule has 100 valence electrons. The van der Waals surface area contributed by atoms with Gasteiger partial charge in [0.2, 0.25) is 0 Å². The van der Waals surface area contributed by atoms with Crippen LogP contribution in [0.5, 0.6) is 0 Å². The molecule has 1 fully saturated rings. The Bertz CT molecular complexity index is 230. The van der Waals surface area contributed by atoms with Crippen LogP contribution in [0.15, 0.2) is 0 Å². The van der Waals surface area contributed by atoms with E-state index in [4.69, 9.17) is 9.47 Å². The van der Waals surface area contributed by atoms with E-state index in [0.717, 1.165) is 25.9 Å². The molecular weight excluding hydrogens is 220 g/mol. The van der Waals surface area contributed by atoms with Crippen molar-refractivity contribution < 1.29 is 14.3 Å². The molecule has 1 unspecified atom stereocenters. The molecule has 1 atom stereocenters. The summed E-state index contributed by atoms with van der Waals surface area (Å²) in [6.45, 7) is 5.50. The smallest absolute Gasteiger partial charge is 0.320 e. The zero-order valence-electron chi connectivity index (χ0n) is 11.1. The molecule has 0 N–H and O–H groups in total. The lowest BCUT2D eigenvalue weighted by Crippen LogP contribution is -2.49. The lowest BCUT2D eigenvalue weighted by atomic mass is 10.3. The van der Waals surface area contributed by atoms with Gasteiger partial charge in [0.1, 0.15) is 0 Å². The number of carbonyl (C=O) groups is 1. The van der Waals surface area contributed by atoms with Gasteiger partial charge in [0.15, 0.2) is 0 Å². The lowest BCUT2D eigenvalue weighted by Gasteiger charge is -2.32. The second kappa shape index (κ2) is 7.50. The van der Waals surface area contributed by atoms with Crippen LogP contribution in [0, 0.1) is 0 Å². The predicted molar refractivity (Wildman–Crippen MR) is 66.1 cm³/mol. The number of hydrogen-bond acceptors (Lipinski definition) is 3. The van der Waals surface area contributed by atoms with Gasteiger partial charge >= 0.3 is 6.03 Å². The van der Waals surface area contributed by atoms with Crippen molar-refractivity contribution in [1.29, 1.82) is 0 Å². The molecule has 17 heavy (non-hydrogen) atoms. The van der Waals surface area contributed by atoms with Gasteiger partial charge in [-0.3, -0.25) is 0 Å². The number of hydrogen-bond donors (Lipinski definition) is 0. The van der Waals surface area contributed by atoms with Crippen LogP contribution >= 0.6 is 0 Å². The van der Waals surface area contributed by atoms with E-state index in [9.17, 15) is 4.79 Å². The van der Waals surface area contributed by atoms with Gasteiger partial charge in [-0.1, -0.05) is 0 Å². The maximum Gasteiger partial charge on any atom is 0.320 e. The van der Waals surface area contributed by atoms with Crippen molar-refractivity contribution in [2.24, 2.45) is 0 Å². The second-order valence-corrected chi connectivity index (χ2v) is 4.47. The van der Waals surface area contributed by atoms with Gasteiger partial charge in [-0.15, -0.1) is 0 Å². The summed E-state index contributed by atoms with van der Waals surface area (Å²) >= 11 is 0.